The lowest BCUT2D eigenvalue weighted by atomic mass is 9.50. The minimum Gasteiger partial charge on any atom is -0.458 e. The summed E-state index contributed by atoms with van der Waals surface area (Å²) in [6.45, 7) is 13.6. The van der Waals surface area contributed by atoms with Gasteiger partial charge in [0.05, 0.1) is 41.1 Å². The van der Waals surface area contributed by atoms with Crippen LogP contribution in [0.2, 0.25) is 0 Å². The van der Waals surface area contributed by atoms with Crippen LogP contribution in [0, 0.1) is 35.9 Å². The molecule has 5 aliphatic carbocycles. The van der Waals surface area contributed by atoms with Crippen molar-refractivity contribution in [3.63, 3.8) is 0 Å². The Morgan fingerprint density at radius 2 is 1.64 bits per heavy atom. The van der Waals surface area contributed by atoms with Gasteiger partial charge in [-0.3, -0.25) is 28.8 Å². The summed E-state index contributed by atoms with van der Waals surface area (Å²) in [6.07, 6.45) is 11.1. The molecule has 23 heteroatoms. The van der Waals surface area contributed by atoms with E-state index >= 15 is 4.39 Å². The number of aliphatic hydroxyl groups is 1. The molecule has 0 bridgehead atoms. The van der Waals surface area contributed by atoms with Gasteiger partial charge in [-0.15, -0.1) is 0 Å². The lowest BCUT2D eigenvalue weighted by molar-refractivity contribution is -0.182. The van der Waals surface area contributed by atoms with Crippen molar-refractivity contribution in [2.45, 2.75) is 206 Å². The molecule has 2 fully saturated rings. The maximum absolute atomic E-state index is 15.5. The number of Topliss-reactive ketones (excluding diaryl/α,β-unsaturated/α-hetero) is 1. The Bertz CT molecular complexity index is 4300. The molecule has 0 radical (unpaired) electrons. The number of nitrogens with one attached hydrogen (secondary N) is 5. The number of cyclic esters (lactones) is 1. The maximum Gasteiger partial charge on any atom is 0.407 e. The van der Waals surface area contributed by atoms with Gasteiger partial charge in [0.2, 0.25) is 11.8 Å². The van der Waals surface area contributed by atoms with Crippen molar-refractivity contribution >= 4 is 69.7 Å². The molecular formula is C78H94FN9O13. The highest BCUT2D eigenvalue weighted by Crippen LogP contribution is 2.68. The minimum absolute atomic E-state index is 0.00588. The molecule has 5 amide bonds. The van der Waals surface area contributed by atoms with Crippen molar-refractivity contribution < 1.29 is 62.1 Å². The number of halogens is 1. The van der Waals surface area contributed by atoms with E-state index in [1.165, 1.54) is 34.3 Å². The summed E-state index contributed by atoms with van der Waals surface area (Å²) in [5.41, 5.74) is 12.2. The van der Waals surface area contributed by atoms with Crippen molar-refractivity contribution in [3.8, 4) is 11.4 Å². The second-order valence-corrected chi connectivity index (χ2v) is 29.4. The molecule has 2 saturated carbocycles. The molecule has 2 aromatic heterocycles. The Hall–Kier alpha value is -9.09. The molecule has 2 aliphatic heterocycles. The van der Waals surface area contributed by atoms with Crippen LogP contribution in [0.1, 0.15) is 194 Å². The van der Waals surface area contributed by atoms with E-state index in [0.717, 1.165) is 74.7 Å². The average molecular weight is 1380 g/mol. The number of esters is 2. The lowest BCUT2D eigenvalue weighted by Crippen LogP contribution is -2.57. The van der Waals surface area contributed by atoms with Crippen molar-refractivity contribution in [1.82, 2.24) is 30.8 Å². The molecule has 9 atom stereocenters. The number of nitrogens with two attached hydrogens (primary N) is 1. The number of primary amides is 1. The molecule has 0 saturated heterocycles. The minimum atomic E-state index is -2.04. The van der Waals surface area contributed by atoms with Crippen LogP contribution in [0.4, 0.5) is 25.4 Å². The van der Waals surface area contributed by atoms with Gasteiger partial charge < -0.3 is 61.1 Å². The number of benzene rings is 3. The molecule has 0 unspecified atom stereocenters. The highest BCUT2D eigenvalue weighted by molar-refractivity contribution is 5.98. The number of alkyl carbamates (subject to hydrolysis) is 1. The molecule has 4 heterocycles. The molecule has 536 valence electrons. The van der Waals surface area contributed by atoms with Gasteiger partial charge in [-0.25, -0.2) is 23.8 Å². The maximum atomic E-state index is 15.5. The van der Waals surface area contributed by atoms with Crippen molar-refractivity contribution in [2.75, 3.05) is 36.9 Å². The number of anilines is 2. The number of carbonyl (C=O) groups excluding carboxylic acids is 8. The fraction of sp³-hybridized carbons (Fsp3) is 0.513. The third-order valence-corrected chi connectivity index (χ3v) is 23.1. The number of aryl methyl sites for hydroxylation is 1. The summed E-state index contributed by atoms with van der Waals surface area (Å²) in [4.78, 5) is 127. The lowest BCUT2D eigenvalue weighted by Gasteiger charge is -2.55. The molecular weight excluding hydrogens is 1290 g/mol. The van der Waals surface area contributed by atoms with Crippen LogP contribution in [-0.2, 0) is 74.8 Å². The number of hydrogen-bond donors (Lipinski definition) is 7. The number of carbonyl (C=O) groups is 8. The number of fused-ring (bicyclic) bond motifs is 9. The molecule has 0 spiro atoms. The first-order valence-electron chi connectivity index (χ1n) is 36.0. The van der Waals surface area contributed by atoms with Crippen LogP contribution >= 0.6 is 0 Å². The smallest absolute Gasteiger partial charge is 0.407 e. The molecule has 8 N–H and O–H groups in total. The van der Waals surface area contributed by atoms with E-state index < -0.39 is 76.1 Å². The number of ether oxygens (including phenoxy) is 3. The van der Waals surface area contributed by atoms with Gasteiger partial charge in [0.25, 0.3) is 5.56 Å². The van der Waals surface area contributed by atoms with E-state index in [4.69, 9.17) is 24.9 Å². The van der Waals surface area contributed by atoms with E-state index in [-0.39, 0.29) is 91.4 Å². The largest absolute Gasteiger partial charge is 0.458 e. The van der Waals surface area contributed by atoms with Gasteiger partial charge >= 0.3 is 24.1 Å². The summed E-state index contributed by atoms with van der Waals surface area (Å²) < 4.78 is 34.2. The first-order chi connectivity index (χ1) is 48.2. The highest BCUT2D eigenvalue weighted by atomic mass is 19.1. The van der Waals surface area contributed by atoms with E-state index in [0.29, 0.717) is 95.3 Å². The summed E-state index contributed by atoms with van der Waals surface area (Å²) in [7, 11) is 2.09. The summed E-state index contributed by atoms with van der Waals surface area (Å²) >= 11 is 0. The normalized spacial score (nSPS) is 23.6. The van der Waals surface area contributed by atoms with Crippen LogP contribution in [0.5, 0.6) is 0 Å². The van der Waals surface area contributed by atoms with Gasteiger partial charge in [0.15, 0.2) is 22.8 Å². The van der Waals surface area contributed by atoms with E-state index in [1.54, 1.807) is 51.1 Å². The highest BCUT2D eigenvalue weighted by Gasteiger charge is 2.67. The summed E-state index contributed by atoms with van der Waals surface area (Å²) in [6, 6.07) is 15.5. The zero-order valence-corrected chi connectivity index (χ0v) is 59.1. The number of rotatable bonds is 25. The fourth-order valence-corrected chi connectivity index (χ4v) is 17.8. The average Bonchev–Trinajstić information content (AvgIpc) is 1.60. The first kappa shape index (κ1) is 71.7. The Labute approximate surface area is 587 Å². The number of aromatic nitrogens is 2. The Morgan fingerprint density at radius 1 is 0.891 bits per heavy atom. The standard InChI is InChI=1S/C78H94FN9O13/c1-9-77(98)59-36-64-69-56(39-88(64)72(94)57(59)41-99-73(77)95)67-61(29-28-52-43(4)60(79)37-63(84-69)66(52)67)86-75(97)100-40-46-16-21-49(22-17-46)83-70(92)62(15-14-33-82-74(80)96)85-71(93)68(42(2)3)81-32-12-10-11-13-34-87(8)50-23-18-47(19-24-50)55-38-76(7)58(30-31-78(76,44(5)89)101-45(6)90)54-26-20-48-35-51(91)25-27-53(48)65(54)55/h16-19,21-24,35-37,42,54-55,58,61-62,68,81,98H,9-15,20,25-34,38-41H2,1-8H3,(H,83,92)(H,85,93)(H,86,97)(H3,80,82,96)/t54-,55+,58-,61-,62-,68-,76-,77-,78-/m0/s1. The van der Waals surface area contributed by atoms with Crippen LogP contribution in [0.25, 0.3) is 22.3 Å². The number of urea groups is 1. The van der Waals surface area contributed by atoms with Crippen LogP contribution in [-0.4, -0.2) is 106 Å². The fourth-order valence-electron chi connectivity index (χ4n) is 17.8. The first-order valence-corrected chi connectivity index (χ1v) is 36.0. The number of hydrogen-bond acceptors (Lipinski definition) is 16. The number of amides is 5. The number of pyridine rings is 2. The van der Waals surface area contributed by atoms with Gasteiger partial charge in [0, 0.05) is 78.8 Å². The van der Waals surface area contributed by atoms with Gasteiger partial charge in [-0.1, -0.05) is 70.4 Å². The van der Waals surface area contributed by atoms with Crippen LogP contribution in [0.3, 0.4) is 0 Å². The Kier molecular flexibility index (Phi) is 20.7. The quantitative estimate of drug-likeness (QED) is 0.0159. The summed E-state index contributed by atoms with van der Waals surface area (Å²) in [5.74, 6) is -2.15. The predicted molar refractivity (Wildman–Crippen MR) is 378 cm³/mol. The Balaban J connectivity index is 0.629. The Morgan fingerprint density at radius 3 is 2.36 bits per heavy atom. The van der Waals surface area contributed by atoms with Crippen molar-refractivity contribution in [2.24, 2.45) is 28.9 Å². The predicted octanol–water partition coefficient (Wildman–Crippen LogP) is 10.4. The van der Waals surface area contributed by atoms with Crippen LogP contribution in [0.15, 0.2) is 88.3 Å². The van der Waals surface area contributed by atoms with E-state index in [1.807, 2.05) is 19.9 Å². The van der Waals surface area contributed by atoms with Gasteiger partial charge in [-0.05, 0) is 197 Å². The second kappa shape index (κ2) is 29.1. The number of unbranched alkanes of at least 4 members (excludes halogenated alkanes) is 3. The van der Waals surface area contributed by atoms with Gasteiger partial charge in [0.1, 0.15) is 25.1 Å². The zero-order valence-electron chi connectivity index (χ0n) is 59.1. The molecule has 101 heavy (non-hydrogen) atoms. The summed E-state index contributed by atoms with van der Waals surface area (Å²) in [5, 5.41) is 27.0. The van der Waals surface area contributed by atoms with Crippen molar-refractivity contribution in [1.29, 1.82) is 0 Å². The SMILES string of the molecule is CC[C@@]1(O)C(=O)OCc2c1cc1n(c2=O)Cc2c-1nc1cc(F)c(C)c3c1c2[C@@H](NC(=O)OCc1ccc(NC(=O)[C@H](CCCNC(N)=O)NC(=O)[C@@H](NCCCCCCN(C)c2ccc([C@H]4C[C@@]5(C)[C@@H](CC[C@]5(OC(C)=O)C(C)=O)[C@@H]5CCC6=CC(=O)CCC6=C54)cc2)C(C)C)cc1)CC3. The second-order valence-electron chi connectivity index (χ2n) is 29.4. The number of allylic oxidation sites excluding steroid dienone is 4. The third-order valence-electron chi connectivity index (χ3n) is 23.1. The zero-order chi connectivity index (χ0) is 72.0. The van der Waals surface area contributed by atoms with E-state index in [9.17, 15) is 48.3 Å². The van der Waals surface area contributed by atoms with Crippen molar-refractivity contribution in [3.05, 3.63) is 144 Å². The molecule has 22 nitrogen and oxygen atoms in total. The molecule has 12 rings (SSSR count). The number of ketones is 2. The van der Waals surface area contributed by atoms with E-state index in [2.05, 4.69) is 69.7 Å². The monoisotopic (exact) mass is 1380 g/mol. The molecule has 5 aromatic rings. The molecule has 7 aliphatic rings. The molecule has 3 aromatic carbocycles. The van der Waals surface area contributed by atoms with Gasteiger partial charge in [-0.2, -0.15) is 0 Å². The van der Waals surface area contributed by atoms with Crippen LogP contribution < -0.4 is 42.8 Å². The number of nitrogens with zero attached hydrogens (tertiary/aromatic N) is 3. The topological polar surface area (TPSA) is 309 Å². The third kappa shape index (κ3) is 13.7.